The molecule has 3 aromatic rings. The van der Waals surface area contributed by atoms with Gasteiger partial charge in [-0.3, -0.25) is 9.69 Å². The minimum Gasteiger partial charge on any atom is -0.449 e. The molecule has 0 saturated heterocycles. The number of hydrogen-bond donors (Lipinski definition) is 1. The summed E-state index contributed by atoms with van der Waals surface area (Å²) >= 11 is 9.57. The molecule has 0 aliphatic heterocycles. The first-order valence-corrected chi connectivity index (χ1v) is 9.79. The van der Waals surface area contributed by atoms with Crippen LogP contribution in [0.2, 0.25) is 5.02 Å². The van der Waals surface area contributed by atoms with E-state index in [9.17, 15) is 9.59 Å². The first-order valence-electron chi connectivity index (χ1n) is 8.62. The van der Waals surface area contributed by atoms with E-state index in [1.165, 1.54) is 15.8 Å². The number of carboxylic acid groups (broad SMARTS) is 1. The van der Waals surface area contributed by atoms with Gasteiger partial charge in [0, 0.05) is 10.5 Å². The molecule has 9 heteroatoms. The number of aromatic nitrogens is 2. The van der Waals surface area contributed by atoms with Crippen LogP contribution in [0.1, 0.15) is 24.2 Å². The van der Waals surface area contributed by atoms with Gasteiger partial charge in [0.1, 0.15) is 0 Å². The number of carbonyl (C=O) groups is 2. The van der Waals surface area contributed by atoms with E-state index >= 15 is 0 Å². The maximum Gasteiger partial charge on any atom is 0.511 e. The molecule has 0 atom stereocenters. The molecule has 0 aliphatic carbocycles. The van der Waals surface area contributed by atoms with E-state index in [-0.39, 0.29) is 28.2 Å². The van der Waals surface area contributed by atoms with Crippen molar-refractivity contribution in [2.24, 2.45) is 0 Å². The van der Waals surface area contributed by atoms with Gasteiger partial charge in [-0.1, -0.05) is 45.7 Å². The number of amides is 1. The van der Waals surface area contributed by atoms with Gasteiger partial charge in [0.2, 0.25) is 5.82 Å². The third-order valence-electron chi connectivity index (χ3n) is 4.01. The second-order valence-corrected chi connectivity index (χ2v) is 7.68. The summed E-state index contributed by atoms with van der Waals surface area (Å²) < 4.78 is 7.11. The number of para-hydroxylation sites is 1. The van der Waals surface area contributed by atoms with E-state index in [4.69, 9.17) is 21.4 Å². The first-order chi connectivity index (χ1) is 13.8. The number of anilines is 1. The van der Waals surface area contributed by atoms with Crippen LogP contribution in [0.5, 0.6) is 5.75 Å². The molecule has 1 amide bonds. The molecule has 1 aromatic heterocycles. The summed E-state index contributed by atoms with van der Waals surface area (Å²) in [5.74, 6) is -0.405. The smallest absolute Gasteiger partial charge is 0.449 e. The highest BCUT2D eigenvalue weighted by Gasteiger charge is 2.29. The molecule has 1 N–H and O–H groups in total. The Bertz CT molecular complexity index is 1050. The first kappa shape index (κ1) is 20.9. The Morgan fingerprint density at radius 3 is 2.48 bits per heavy atom. The zero-order valence-electron chi connectivity index (χ0n) is 15.5. The third-order valence-corrected chi connectivity index (χ3v) is 4.81. The Kier molecular flexibility index (Phi) is 6.24. The monoisotopic (exact) mass is 477 g/mol. The highest BCUT2D eigenvalue weighted by molar-refractivity contribution is 9.10. The number of carbonyl (C=O) groups excluding carboxylic acids is 1. The summed E-state index contributed by atoms with van der Waals surface area (Å²) in [5, 5.41) is 13.8. The lowest BCUT2D eigenvalue weighted by molar-refractivity contribution is 0.0977. The number of ether oxygens (including phenoxy) is 1. The van der Waals surface area contributed by atoms with Gasteiger partial charge in [0.25, 0.3) is 5.91 Å². The van der Waals surface area contributed by atoms with Gasteiger partial charge in [0.15, 0.2) is 5.75 Å². The summed E-state index contributed by atoms with van der Waals surface area (Å²) in [6, 6.07) is 13.7. The fourth-order valence-corrected chi connectivity index (χ4v) is 3.52. The van der Waals surface area contributed by atoms with E-state index in [1.807, 2.05) is 18.2 Å². The van der Waals surface area contributed by atoms with Crippen LogP contribution in [0.15, 0.2) is 59.2 Å². The highest BCUT2D eigenvalue weighted by Crippen LogP contribution is 2.32. The molecule has 2 aromatic carbocycles. The van der Waals surface area contributed by atoms with Gasteiger partial charge in [0.05, 0.1) is 22.5 Å². The second-order valence-electron chi connectivity index (χ2n) is 6.36. The van der Waals surface area contributed by atoms with E-state index in [2.05, 4.69) is 21.0 Å². The largest absolute Gasteiger partial charge is 0.511 e. The van der Waals surface area contributed by atoms with Gasteiger partial charge < -0.3 is 9.84 Å². The predicted octanol–water partition coefficient (Wildman–Crippen LogP) is 5.40. The Balaban J connectivity index is 2.11. The van der Waals surface area contributed by atoms with Gasteiger partial charge in [-0.2, -0.15) is 0 Å². The van der Waals surface area contributed by atoms with Crippen LogP contribution in [0.4, 0.5) is 10.6 Å². The summed E-state index contributed by atoms with van der Waals surface area (Å²) in [5.41, 5.74) is 0.950. The minimum atomic E-state index is -1.50. The van der Waals surface area contributed by atoms with Crippen molar-refractivity contribution in [2.45, 2.75) is 19.9 Å². The normalized spacial score (nSPS) is 10.8. The van der Waals surface area contributed by atoms with Crippen LogP contribution >= 0.6 is 27.5 Å². The molecule has 0 fully saturated rings. The topological polar surface area (TPSA) is 84.7 Å². The van der Waals surface area contributed by atoms with Crippen LogP contribution in [-0.4, -0.2) is 33.0 Å². The second kappa shape index (κ2) is 8.67. The average Bonchev–Trinajstić information content (AvgIpc) is 3.05. The lowest BCUT2D eigenvalue weighted by Gasteiger charge is -2.25. The van der Waals surface area contributed by atoms with Gasteiger partial charge in [-0.25, -0.2) is 9.48 Å². The molecule has 0 radical (unpaired) electrons. The lowest BCUT2D eigenvalue weighted by Crippen LogP contribution is -2.38. The van der Waals surface area contributed by atoms with Crippen molar-refractivity contribution in [1.82, 2.24) is 9.78 Å². The molecule has 0 unspecified atom stereocenters. The number of hydrogen-bond acceptors (Lipinski definition) is 4. The van der Waals surface area contributed by atoms with Crippen molar-refractivity contribution in [1.29, 1.82) is 0 Å². The van der Waals surface area contributed by atoms with Crippen molar-refractivity contribution < 1.29 is 19.4 Å². The fraction of sp³-hybridized carbons (Fsp3) is 0.150. The molecular weight excluding hydrogens is 462 g/mol. The molecule has 29 heavy (non-hydrogen) atoms. The minimum absolute atomic E-state index is 0.0587. The van der Waals surface area contributed by atoms with E-state index in [0.717, 1.165) is 4.47 Å². The van der Waals surface area contributed by atoms with Crippen LogP contribution < -0.4 is 9.64 Å². The van der Waals surface area contributed by atoms with E-state index < -0.39 is 12.1 Å². The molecule has 0 aliphatic rings. The Morgan fingerprint density at radius 1 is 1.21 bits per heavy atom. The Morgan fingerprint density at radius 2 is 1.90 bits per heavy atom. The van der Waals surface area contributed by atoms with Crippen molar-refractivity contribution in [3.05, 3.63) is 69.8 Å². The number of rotatable bonds is 5. The Labute approximate surface area is 180 Å². The Hall–Kier alpha value is -2.84. The van der Waals surface area contributed by atoms with Crippen molar-refractivity contribution in [3.63, 3.8) is 0 Å². The van der Waals surface area contributed by atoms with Gasteiger partial charge in [-0.05, 0) is 44.2 Å². The van der Waals surface area contributed by atoms with Gasteiger partial charge >= 0.3 is 6.16 Å². The number of benzene rings is 2. The van der Waals surface area contributed by atoms with Crippen LogP contribution in [0.3, 0.4) is 0 Å². The van der Waals surface area contributed by atoms with Crippen LogP contribution in [-0.2, 0) is 0 Å². The van der Waals surface area contributed by atoms with Crippen molar-refractivity contribution in [2.75, 3.05) is 4.90 Å². The van der Waals surface area contributed by atoms with Crippen LogP contribution in [0, 0.1) is 0 Å². The quantitative estimate of drug-likeness (QED) is 0.496. The standard InChI is InChI=1S/C20H17BrClN3O4/c1-12(2)25(19(26)15-9-8-13(21)10-16(15)22)18-17(29-20(27)28)11-24(23-18)14-6-4-3-5-7-14/h3-12H,1-2H3,(H,27,28). The molecule has 7 nitrogen and oxygen atoms in total. The summed E-state index contributed by atoms with van der Waals surface area (Å²) in [7, 11) is 0. The maximum absolute atomic E-state index is 13.3. The molecular formula is C20H17BrClN3O4. The van der Waals surface area contributed by atoms with Gasteiger partial charge in [-0.15, -0.1) is 5.10 Å². The SMILES string of the molecule is CC(C)N(C(=O)c1ccc(Br)cc1Cl)c1nn(-c2ccccc2)cc1OC(=O)O. The lowest BCUT2D eigenvalue weighted by atomic mass is 10.1. The van der Waals surface area contributed by atoms with Crippen LogP contribution in [0.25, 0.3) is 5.69 Å². The van der Waals surface area contributed by atoms with Crippen molar-refractivity contribution in [3.8, 4) is 11.4 Å². The predicted molar refractivity (Wildman–Crippen MR) is 113 cm³/mol. The summed E-state index contributed by atoms with van der Waals surface area (Å²) in [4.78, 5) is 25.8. The molecule has 0 spiro atoms. The van der Waals surface area contributed by atoms with E-state index in [0.29, 0.717) is 5.69 Å². The summed E-state index contributed by atoms with van der Waals surface area (Å²) in [6.45, 7) is 3.58. The maximum atomic E-state index is 13.3. The molecule has 150 valence electrons. The molecule has 1 heterocycles. The zero-order chi connectivity index (χ0) is 21.1. The molecule has 3 rings (SSSR count). The average molecular weight is 479 g/mol. The number of halogens is 2. The number of nitrogens with zero attached hydrogens (tertiary/aromatic N) is 3. The van der Waals surface area contributed by atoms with Crippen molar-refractivity contribution >= 4 is 45.4 Å². The third kappa shape index (κ3) is 4.60. The zero-order valence-corrected chi connectivity index (χ0v) is 17.9. The van der Waals surface area contributed by atoms with E-state index in [1.54, 1.807) is 44.2 Å². The highest BCUT2D eigenvalue weighted by atomic mass is 79.9. The summed E-state index contributed by atoms with van der Waals surface area (Å²) in [6.07, 6.45) is -0.0818. The molecule has 0 bridgehead atoms. The molecule has 0 saturated carbocycles. The fourth-order valence-electron chi connectivity index (χ4n) is 2.76.